The number of nitrogens with two attached hydrogens (primary N) is 1. The highest BCUT2D eigenvalue weighted by atomic mass is 15.3. The number of benzene rings is 1. The normalized spacial score (nSPS) is 22.6. The molecule has 1 saturated heterocycles. The van der Waals surface area contributed by atoms with E-state index in [1.807, 2.05) is 0 Å². The van der Waals surface area contributed by atoms with Gasteiger partial charge in [0.2, 0.25) is 0 Å². The van der Waals surface area contributed by atoms with Crippen molar-refractivity contribution in [2.45, 2.75) is 39.3 Å². The number of anilines is 1. The van der Waals surface area contributed by atoms with Crippen LogP contribution in [0.25, 0.3) is 0 Å². The molecule has 0 saturated carbocycles. The average Bonchev–Trinajstić information content (AvgIpc) is 2.30. The van der Waals surface area contributed by atoms with Gasteiger partial charge < -0.3 is 15.5 Å². The van der Waals surface area contributed by atoms with Gasteiger partial charge in [-0.3, -0.25) is 0 Å². The fraction of sp³-hybridized carbons (Fsp3) is 0.625. The van der Waals surface area contributed by atoms with Crippen LogP contribution in [0.3, 0.4) is 0 Å². The molecule has 3 heteroatoms. The second-order valence-corrected chi connectivity index (χ2v) is 6.11. The Labute approximate surface area is 117 Å². The second-order valence-electron chi connectivity index (χ2n) is 6.11. The SMILES string of the molecule is Cc1cc(CC(C)N)ccc1N1CCN(C)CC1C. The summed E-state index contributed by atoms with van der Waals surface area (Å²) in [7, 11) is 2.20. The molecule has 2 rings (SSSR count). The summed E-state index contributed by atoms with van der Waals surface area (Å²) in [5.41, 5.74) is 9.98. The quantitative estimate of drug-likeness (QED) is 0.903. The zero-order valence-corrected chi connectivity index (χ0v) is 12.7. The van der Waals surface area contributed by atoms with E-state index in [0.29, 0.717) is 6.04 Å². The Morgan fingerprint density at radius 3 is 2.68 bits per heavy atom. The molecular formula is C16H27N3. The first-order valence-electron chi connectivity index (χ1n) is 7.27. The number of piperazine rings is 1. The summed E-state index contributed by atoms with van der Waals surface area (Å²) in [5.74, 6) is 0. The van der Waals surface area contributed by atoms with Crippen LogP contribution in [-0.4, -0.2) is 43.7 Å². The molecule has 2 N–H and O–H groups in total. The van der Waals surface area contributed by atoms with Crippen LogP contribution in [0.1, 0.15) is 25.0 Å². The van der Waals surface area contributed by atoms with Gasteiger partial charge in [-0.15, -0.1) is 0 Å². The molecular weight excluding hydrogens is 234 g/mol. The third-order valence-corrected chi connectivity index (χ3v) is 3.96. The smallest absolute Gasteiger partial charge is 0.0399 e. The molecule has 0 amide bonds. The summed E-state index contributed by atoms with van der Waals surface area (Å²) in [6.45, 7) is 9.99. The van der Waals surface area contributed by atoms with Gasteiger partial charge in [0, 0.05) is 37.4 Å². The Morgan fingerprint density at radius 1 is 1.37 bits per heavy atom. The van der Waals surface area contributed by atoms with Gasteiger partial charge in [0.1, 0.15) is 0 Å². The van der Waals surface area contributed by atoms with Crippen molar-refractivity contribution in [2.24, 2.45) is 5.73 Å². The van der Waals surface area contributed by atoms with Crippen molar-refractivity contribution in [2.75, 3.05) is 31.6 Å². The van der Waals surface area contributed by atoms with Crippen molar-refractivity contribution >= 4 is 5.69 Å². The number of hydrogen-bond acceptors (Lipinski definition) is 3. The molecule has 106 valence electrons. The fourth-order valence-electron chi connectivity index (χ4n) is 3.04. The number of nitrogens with zero attached hydrogens (tertiary/aromatic N) is 2. The van der Waals surface area contributed by atoms with Gasteiger partial charge in [-0.2, -0.15) is 0 Å². The van der Waals surface area contributed by atoms with E-state index in [2.05, 4.69) is 55.8 Å². The largest absolute Gasteiger partial charge is 0.366 e. The van der Waals surface area contributed by atoms with E-state index in [1.54, 1.807) is 0 Å². The van der Waals surface area contributed by atoms with Crippen molar-refractivity contribution in [3.63, 3.8) is 0 Å². The number of likely N-dealkylation sites (N-methyl/N-ethyl adjacent to an activating group) is 1. The first-order chi connectivity index (χ1) is 8.97. The molecule has 3 nitrogen and oxygen atoms in total. The molecule has 0 aliphatic carbocycles. The third-order valence-electron chi connectivity index (χ3n) is 3.96. The van der Waals surface area contributed by atoms with Crippen LogP contribution in [0.4, 0.5) is 5.69 Å². The highest BCUT2D eigenvalue weighted by molar-refractivity contribution is 5.55. The van der Waals surface area contributed by atoms with Gasteiger partial charge in [-0.1, -0.05) is 12.1 Å². The maximum Gasteiger partial charge on any atom is 0.0399 e. The summed E-state index contributed by atoms with van der Waals surface area (Å²) in [6.07, 6.45) is 0.958. The Balaban J connectivity index is 2.16. The van der Waals surface area contributed by atoms with Gasteiger partial charge in [-0.05, 0) is 51.4 Å². The molecule has 0 radical (unpaired) electrons. The number of rotatable bonds is 3. The van der Waals surface area contributed by atoms with Gasteiger partial charge in [0.15, 0.2) is 0 Å². The molecule has 19 heavy (non-hydrogen) atoms. The minimum Gasteiger partial charge on any atom is -0.366 e. The predicted molar refractivity (Wildman–Crippen MR) is 82.8 cm³/mol. The minimum atomic E-state index is 0.229. The molecule has 1 heterocycles. The molecule has 1 aromatic rings. The first kappa shape index (κ1) is 14.4. The van der Waals surface area contributed by atoms with Crippen LogP contribution in [-0.2, 0) is 6.42 Å². The van der Waals surface area contributed by atoms with Gasteiger partial charge in [0.25, 0.3) is 0 Å². The van der Waals surface area contributed by atoms with Crippen LogP contribution in [0.5, 0.6) is 0 Å². The number of aryl methyl sites for hydroxylation is 1. The lowest BCUT2D eigenvalue weighted by Crippen LogP contribution is -2.50. The molecule has 1 aliphatic rings. The molecule has 0 spiro atoms. The second kappa shape index (κ2) is 5.93. The molecule has 1 fully saturated rings. The van der Waals surface area contributed by atoms with Crippen molar-refractivity contribution in [3.05, 3.63) is 29.3 Å². The average molecular weight is 261 g/mol. The van der Waals surface area contributed by atoms with E-state index >= 15 is 0 Å². The zero-order chi connectivity index (χ0) is 14.0. The molecule has 1 aliphatic heterocycles. The minimum absolute atomic E-state index is 0.229. The van der Waals surface area contributed by atoms with Gasteiger partial charge in [-0.25, -0.2) is 0 Å². The van der Waals surface area contributed by atoms with E-state index in [0.717, 1.165) is 26.1 Å². The summed E-state index contributed by atoms with van der Waals surface area (Å²) in [5, 5.41) is 0. The van der Waals surface area contributed by atoms with Crippen LogP contribution in [0, 0.1) is 6.92 Å². The van der Waals surface area contributed by atoms with Crippen molar-refractivity contribution in [1.29, 1.82) is 0 Å². The molecule has 1 aromatic carbocycles. The number of hydrogen-bond donors (Lipinski definition) is 1. The van der Waals surface area contributed by atoms with Crippen LogP contribution >= 0.6 is 0 Å². The molecule has 0 bridgehead atoms. The summed E-state index contributed by atoms with van der Waals surface area (Å²) >= 11 is 0. The Morgan fingerprint density at radius 2 is 2.11 bits per heavy atom. The van der Waals surface area contributed by atoms with Crippen LogP contribution < -0.4 is 10.6 Å². The molecule has 2 atom stereocenters. The van der Waals surface area contributed by atoms with Gasteiger partial charge in [0.05, 0.1) is 0 Å². The van der Waals surface area contributed by atoms with Gasteiger partial charge >= 0.3 is 0 Å². The standard InChI is InChI=1S/C16H27N3/c1-12-9-15(10-13(2)17)5-6-16(12)19-8-7-18(4)11-14(19)3/h5-6,9,13-14H,7-8,10-11,17H2,1-4H3. The van der Waals surface area contributed by atoms with Crippen molar-refractivity contribution in [1.82, 2.24) is 4.90 Å². The highest BCUT2D eigenvalue weighted by Crippen LogP contribution is 2.25. The lowest BCUT2D eigenvalue weighted by Gasteiger charge is -2.40. The molecule has 2 unspecified atom stereocenters. The van der Waals surface area contributed by atoms with E-state index in [4.69, 9.17) is 5.73 Å². The lowest BCUT2D eigenvalue weighted by atomic mass is 10.0. The van der Waals surface area contributed by atoms with Crippen LogP contribution in [0.2, 0.25) is 0 Å². The Bertz CT molecular complexity index is 428. The fourth-order valence-corrected chi connectivity index (χ4v) is 3.04. The Kier molecular flexibility index (Phi) is 4.48. The predicted octanol–water partition coefficient (Wildman–Crippen LogP) is 2.03. The topological polar surface area (TPSA) is 32.5 Å². The van der Waals surface area contributed by atoms with Crippen LogP contribution in [0.15, 0.2) is 18.2 Å². The third kappa shape index (κ3) is 3.48. The maximum absolute atomic E-state index is 5.88. The maximum atomic E-state index is 5.88. The summed E-state index contributed by atoms with van der Waals surface area (Å²) < 4.78 is 0. The van der Waals surface area contributed by atoms with Crippen molar-refractivity contribution < 1.29 is 0 Å². The lowest BCUT2D eigenvalue weighted by molar-refractivity contribution is 0.275. The van der Waals surface area contributed by atoms with E-state index in [9.17, 15) is 0 Å². The first-order valence-corrected chi connectivity index (χ1v) is 7.27. The summed E-state index contributed by atoms with van der Waals surface area (Å²) in [6, 6.07) is 7.61. The highest BCUT2D eigenvalue weighted by Gasteiger charge is 2.22. The summed E-state index contributed by atoms with van der Waals surface area (Å²) in [4.78, 5) is 4.94. The molecule has 0 aromatic heterocycles. The van der Waals surface area contributed by atoms with E-state index in [-0.39, 0.29) is 6.04 Å². The van der Waals surface area contributed by atoms with Crippen molar-refractivity contribution in [3.8, 4) is 0 Å². The van der Waals surface area contributed by atoms with E-state index in [1.165, 1.54) is 16.8 Å². The Hall–Kier alpha value is -1.06. The zero-order valence-electron chi connectivity index (χ0n) is 12.7. The van der Waals surface area contributed by atoms with E-state index < -0.39 is 0 Å². The monoisotopic (exact) mass is 261 g/mol.